The van der Waals surface area contributed by atoms with E-state index in [1.165, 1.54) is 11.1 Å². The smallest absolute Gasteiger partial charge is 0.119 e. The molecule has 2 heteroatoms. The van der Waals surface area contributed by atoms with Crippen molar-refractivity contribution in [2.24, 2.45) is 0 Å². The molecule has 2 aromatic carbocycles. The zero-order chi connectivity index (χ0) is 13.1. The van der Waals surface area contributed by atoms with E-state index in [4.69, 9.17) is 0 Å². The number of phenolic OH excluding ortho intramolecular Hbond substituents is 1. The number of phenols is 1. The molecule has 2 N–H and O–H groups in total. The molecule has 0 spiro atoms. The highest BCUT2D eigenvalue weighted by atomic mass is 16.3. The van der Waals surface area contributed by atoms with E-state index in [1.54, 1.807) is 6.07 Å². The molecule has 0 saturated carbocycles. The zero-order valence-corrected chi connectivity index (χ0v) is 11.0. The molecule has 98 valence electrons. The second kappa shape index (κ2) is 5.45. The normalized spacial score (nSPS) is 18.0. The second-order valence-corrected chi connectivity index (χ2v) is 5.22. The van der Waals surface area contributed by atoms with E-state index >= 15 is 0 Å². The summed E-state index contributed by atoms with van der Waals surface area (Å²) in [4.78, 5) is 0. The van der Waals surface area contributed by atoms with E-state index < -0.39 is 0 Å². The van der Waals surface area contributed by atoms with E-state index in [1.807, 2.05) is 12.1 Å². The summed E-state index contributed by atoms with van der Waals surface area (Å²) < 4.78 is 0. The number of nitrogens with one attached hydrogen (secondary N) is 1. The zero-order valence-electron chi connectivity index (χ0n) is 11.0. The fourth-order valence-corrected chi connectivity index (χ4v) is 2.82. The molecule has 3 rings (SSSR count). The lowest BCUT2D eigenvalue weighted by Gasteiger charge is -2.26. The van der Waals surface area contributed by atoms with Gasteiger partial charge in [-0.3, -0.25) is 0 Å². The Morgan fingerprint density at radius 3 is 2.74 bits per heavy atom. The Morgan fingerprint density at radius 1 is 1.05 bits per heavy atom. The Balaban J connectivity index is 1.63. The molecule has 2 nitrogen and oxygen atoms in total. The Labute approximate surface area is 114 Å². The Kier molecular flexibility index (Phi) is 3.51. The maximum absolute atomic E-state index is 9.83. The summed E-state index contributed by atoms with van der Waals surface area (Å²) in [6, 6.07) is 16.9. The van der Waals surface area contributed by atoms with E-state index in [0.717, 1.165) is 31.4 Å². The van der Waals surface area contributed by atoms with Crippen LogP contribution in [0.2, 0.25) is 0 Å². The van der Waals surface area contributed by atoms with Crippen LogP contribution in [0.15, 0.2) is 48.5 Å². The minimum absolute atomic E-state index is 0.457. The molecule has 19 heavy (non-hydrogen) atoms. The second-order valence-electron chi connectivity index (χ2n) is 5.22. The van der Waals surface area contributed by atoms with Crippen LogP contribution in [0.3, 0.4) is 0 Å². The maximum atomic E-state index is 9.83. The molecular weight excluding hydrogens is 234 g/mol. The Hall–Kier alpha value is -1.80. The molecule has 0 bridgehead atoms. The van der Waals surface area contributed by atoms with Crippen LogP contribution < -0.4 is 5.32 Å². The third-order valence-electron chi connectivity index (χ3n) is 3.90. The van der Waals surface area contributed by atoms with Gasteiger partial charge in [-0.05, 0) is 42.0 Å². The van der Waals surface area contributed by atoms with Crippen LogP contribution in [0.4, 0.5) is 0 Å². The molecule has 0 radical (unpaired) electrons. The minimum Gasteiger partial charge on any atom is -0.508 e. The van der Waals surface area contributed by atoms with Crippen LogP contribution in [0.1, 0.15) is 23.1 Å². The number of hydrogen-bond acceptors (Lipinski definition) is 2. The van der Waals surface area contributed by atoms with Crippen molar-refractivity contribution in [3.05, 3.63) is 65.2 Å². The maximum Gasteiger partial charge on any atom is 0.119 e. The Bertz CT molecular complexity index is 550. The SMILES string of the molecule is Oc1cccc2c1CC[C@@H](NCc1ccccc1)C2. The van der Waals surface area contributed by atoms with E-state index in [-0.39, 0.29) is 0 Å². The highest BCUT2D eigenvalue weighted by Gasteiger charge is 2.19. The lowest BCUT2D eigenvalue weighted by Crippen LogP contribution is -2.34. The van der Waals surface area contributed by atoms with Gasteiger partial charge in [0, 0.05) is 12.6 Å². The molecular formula is C17H19NO. The highest BCUT2D eigenvalue weighted by Crippen LogP contribution is 2.28. The summed E-state index contributed by atoms with van der Waals surface area (Å²) >= 11 is 0. The first kappa shape index (κ1) is 12.2. The van der Waals surface area contributed by atoms with Crippen molar-refractivity contribution in [2.45, 2.75) is 31.8 Å². The van der Waals surface area contributed by atoms with Gasteiger partial charge in [0.2, 0.25) is 0 Å². The minimum atomic E-state index is 0.457. The highest BCUT2D eigenvalue weighted by molar-refractivity contribution is 5.41. The fourth-order valence-electron chi connectivity index (χ4n) is 2.82. The Morgan fingerprint density at radius 2 is 1.89 bits per heavy atom. The van der Waals surface area contributed by atoms with E-state index in [9.17, 15) is 5.11 Å². The standard InChI is InChI=1S/C17H19NO/c19-17-8-4-7-14-11-15(9-10-16(14)17)18-12-13-5-2-1-3-6-13/h1-8,15,18-19H,9-12H2/t15-/m1/s1. The summed E-state index contributed by atoms with van der Waals surface area (Å²) in [6.07, 6.45) is 3.07. The van der Waals surface area contributed by atoms with Crippen molar-refractivity contribution < 1.29 is 5.11 Å². The van der Waals surface area contributed by atoms with Gasteiger partial charge in [0.05, 0.1) is 0 Å². The largest absolute Gasteiger partial charge is 0.508 e. The monoisotopic (exact) mass is 253 g/mol. The molecule has 1 aliphatic carbocycles. The first-order valence-electron chi connectivity index (χ1n) is 6.90. The van der Waals surface area contributed by atoms with Crippen LogP contribution in [0.25, 0.3) is 0 Å². The summed E-state index contributed by atoms with van der Waals surface area (Å²) in [6.45, 7) is 0.916. The lowest BCUT2D eigenvalue weighted by molar-refractivity contribution is 0.431. The first-order valence-corrected chi connectivity index (χ1v) is 6.90. The average Bonchev–Trinajstić information content (AvgIpc) is 2.46. The van der Waals surface area contributed by atoms with Crippen molar-refractivity contribution in [1.29, 1.82) is 0 Å². The third kappa shape index (κ3) is 2.79. The number of fused-ring (bicyclic) bond motifs is 1. The number of rotatable bonds is 3. The van der Waals surface area contributed by atoms with Gasteiger partial charge in [-0.2, -0.15) is 0 Å². The molecule has 1 aliphatic rings. The van der Waals surface area contributed by atoms with Crippen LogP contribution in [-0.2, 0) is 19.4 Å². The topological polar surface area (TPSA) is 32.3 Å². The number of aromatic hydroxyl groups is 1. The fraction of sp³-hybridized carbons (Fsp3) is 0.294. The van der Waals surface area contributed by atoms with E-state index in [0.29, 0.717) is 11.8 Å². The van der Waals surface area contributed by atoms with Gasteiger partial charge in [0.25, 0.3) is 0 Å². The van der Waals surface area contributed by atoms with Crippen LogP contribution in [0.5, 0.6) is 5.75 Å². The average molecular weight is 253 g/mol. The van der Waals surface area contributed by atoms with Gasteiger partial charge in [0.15, 0.2) is 0 Å². The summed E-state index contributed by atoms with van der Waals surface area (Å²) in [5, 5.41) is 13.4. The van der Waals surface area contributed by atoms with Gasteiger partial charge in [0.1, 0.15) is 5.75 Å². The van der Waals surface area contributed by atoms with Crippen molar-refractivity contribution in [3.8, 4) is 5.75 Å². The molecule has 1 atom stereocenters. The number of benzene rings is 2. The lowest BCUT2D eigenvalue weighted by atomic mass is 9.87. The molecule has 2 aromatic rings. The summed E-state index contributed by atoms with van der Waals surface area (Å²) in [7, 11) is 0. The van der Waals surface area contributed by atoms with Crippen molar-refractivity contribution in [3.63, 3.8) is 0 Å². The van der Waals surface area contributed by atoms with Crippen LogP contribution >= 0.6 is 0 Å². The van der Waals surface area contributed by atoms with Crippen molar-refractivity contribution in [1.82, 2.24) is 5.32 Å². The predicted molar refractivity (Wildman–Crippen MR) is 77.2 cm³/mol. The molecule has 0 amide bonds. The van der Waals surface area contributed by atoms with Gasteiger partial charge >= 0.3 is 0 Å². The van der Waals surface area contributed by atoms with Gasteiger partial charge in [-0.15, -0.1) is 0 Å². The van der Waals surface area contributed by atoms with Gasteiger partial charge in [-0.1, -0.05) is 42.5 Å². The molecule has 0 unspecified atom stereocenters. The molecule has 0 aliphatic heterocycles. The molecule has 0 fully saturated rings. The number of hydrogen-bond donors (Lipinski definition) is 2. The van der Waals surface area contributed by atoms with Crippen molar-refractivity contribution in [2.75, 3.05) is 0 Å². The summed E-state index contributed by atoms with van der Waals surface area (Å²) in [5.41, 5.74) is 3.75. The van der Waals surface area contributed by atoms with Crippen molar-refractivity contribution >= 4 is 0 Å². The van der Waals surface area contributed by atoms with E-state index in [2.05, 4.69) is 35.6 Å². The van der Waals surface area contributed by atoms with Crippen LogP contribution in [-0.4, -0.2) is 11.1 Å². The quantitative estimate of drug-likeness (QED) is 0.881. The molecule has 0 saturated heterocycles. The van der Waals surface area contributed by atoms with Gasteiger partial charge in [-0.25, -0.2) is 0 Å². The third-order valence-corrected chi connectivity index (χ3v) is 3.90. The predicted octanol–water partition coefficient (Wildman–Crippen LogP) is 3.04. The molecule has 0 aromatic heterocycles. The molecule has 0 heterocycles. The summed E-state index contributed by atoms with van der Waals surface area (Å²) in [5.74, 6) is 0.457. The first-order chi connectivity index (χ1) is 9.33. The van der Waals surface area contributed by atoms with Crippen LogP contribution in [0, 0.1) is 0 Å². The van der Waals surface area contributed by atoms with Gasteiger partial charge < -0.3 is 10.4 Å².